The van der Waals surface area contributed by atoms with Gasteiger partial charge in [0, 0.05) is 16.8 Å². The number of anilines is 1. The van der Waals surface area contributed by atoms with E-state index in [0.29, 0.717) is 28.8 Å². The smallest absolute Gasteiger partial charge is 0.409 e. The molecule has 6 nitrogen and oxygen atoms in total. The van der Waals surface area contributed by atoms with Gasteiger partial charge in [-0.3, -0.25) is 10.3 Å². The van der Waals surface area contributed by atoms with E-state index in [-0.39, 0.29) is 6.61 Å². The zero-order valence-corrected chi connectivity index (χ0v) is 16.5. The first-order valence-corrected chi connectivity index (χ1v) is 9.76. The second-order valence-electron chi connectivity index (χ2n) is 6.99. The number of benzodiazepines with no additional fused rings is 1. The fourth-order valence-electron chi connectivity index (χ4n) is 3.34. The number of nitrogens with zero attached hydrogens (tertiary/aromatic N) is 1. The van der Waals surface area contributed by atoms with E-state index < -0.39 is 24.1 Å². The largest absolute Gasteiger partial charge is 0.445 e. The number of ether oxygens (including phenoxy) is 1. The van der Waals surface area contributed by atoms with E-state index in [9.17, 15) is 14.0 Å². The molecule has 1 aliphatic heterocycles. The van der Waals surface area contributed by atoms with Gasteiger partial charge >= 0.3 is 6.09 Å². The maximum Gasteiger partial charge on any atom is 0.409 e. The number of benzene rings is 3. The summed E-state index contributed by atoms with van der Waals surface area (Å²) in [7, 11) is 0. The predicted molar refractivity (Wildman–Crippen MR) is 116 cm³/mol. The average molecular weight is 417 g/mol. The molecule has 0 fully saturated rings. The zero-order valence-electron chi connectivity index (χ0n) is 16.5. The molecule has 3 aromatic carbocycles. The minimum absolute atomic E-state index is 0.0826. The highest BCUT2D eigenvalue weighted by Gasteiger charge is 2.29. The van der Waals surface area contributed by atoms with E-state index in [1.165, 1.54) is 12.1 Å². The van der Waals surface area contributed by atoms with Crippen LogP contribution in [0.3, 0.4) is 0 Å². The van der Waals surface area contributed by atoms with E-state index in [4.69, 9.17) is 4.74 Å². The lowest BCUT2D eigenvalue weighted by Gasteiger charge is -2.20. The Morgan fingerprint density at radius 3 is 2.61 bits per heavy atom. The highest BCUT2D eigenvalue weighted by molar-refractivity contribution is 6.16. The van der Waals surface area contributed by atoms with Gasteiger partial charge in [-0.1, -0.05) is 60.7 Å². The first-order chi connectivity index (χ1) is 15.1. The van der Waals surface area contributed by atoms with Gasteiger partial charge in [0.05, 0.1) is 5.71 Å². The molecular formula is C24H20FN3O3. The van der Waals surface area contributed by atoms with Crippen molar-refractivity contribution in [2.45, 2.75) is 18.8 Å². The van der Waals surface area contributed by atoms with Crippen LogP contribution in [-0.4, -0.2) is 30.3 Å². The first-order valence-electron chi connectivity index (χ1n) is 9.76. The van der Waals surface area contributed by atoms with Crippen molar-refractivity contribution in [2.75, 3.05) is 5.32 Å². The third kappa shape index (κ3) is 4.78. The molecule has 0 saturated carbocycles. The van der Waals surface area contributed by atoms with Crippen LogP contribution in [0.4, 0.5) is 14.9 Å². The molecule has 156 valence electrons. The number of aldehydes is 1. The van der Waals surface area contributed by atoms with Crippen molar-refractivity contribution in [3.8, 4) is 0 Å². The van der Waals surface area contributed by atoms with Crippen LogP contribution in [0, 0.1) is 5.82 Å². The summed E-state index contributed by atoms with van der Waals surface area (Å²) in [6.07, 6.45) is -0.987. The van der Waals surface area contributed by atoms with Crippen LogP contribution in [-0.2, 0) is 16.1 Å². The second-order valence-corrected chi connectivity index (χ2v) is 6.99. The standard InChI is InChI=1S/C24H20FN3O3/c25-18-10-6-9-17(13-18)22-19-11-4-5-12-20(19)26-21(14-29)23(27-22)28-24(30)31-15-16-7-2-1-3-8-16/h1-14,21,23,26H,15H2,(H,28,30). The zero-order chi connectivity index (χ0) is 21.6. The first kappa shape index (κ1) is 20.3. The van der Waals surface area contributed by atoms with Gasteiger partial charge < -0.3 is 14.8 Å². The Labute approximate surface area is 178 Å². The Kier molecular flexibility index (Phi) is 6.03. The summed E-state index contributed by atoms with van der Waals surface area (Å²) < 4.78 is 19.2. The Bertz CT molecular complexity index is 1120. The molecule has 2 unspecified atom stereocenters. The molecule has 1 heterocycles. The van der Waals surface area contributed by atoms with Crippen molar-refractivity contribution in [1.29, 1.82) is 0 Å². The molecule has 1 aliphatic rings. The number of carbonyl (C=O) groups is 2. The van der Waals surface area contributed by atoms with Crippen LogP contribution in [0.25, 0.3) is 0 Å². The number of nitrogens with one attached hydrogen (secondary N) is 2. The van der Waals surface area contributed by atoms with E-state index in [2.05, 4.69) is 15.6 Å². The Morgan fingerprint density at radius 1 is 1.06 bits per heavy atom. The number of hydrogen-bond acceptors (Lipinski definition) is 5. The number of rotatable bonds is 5. The Balaban J connectivity index is 1.63. The molecule has 0 spiro atoms. The van der Waals surface area contributed by atoms with Crippen molar-refractivity contribution in [3.05, 3.63) is 101 Å². The van der Waals surface area contributed by atoms with Crippen molar-refractivity contribution in [3.63, 3.8) is 0 Å². The van der Waals surface area contributed by atoms with Gasteiger partial charge in [-0.05, 0) is 23.8 Å². The topological polar surface area (TPSA) is 79.8 Å². The summed E-state index contributed by atoms with van der Waals surface area (Å²) in [4.78, 5) is 28.8. The summed E-state index contributed by atoms with van der Waals surface area (Å²) in [5, 5.41) is 5.75. The fourth-order valence-corrected chi connectivity index (χ4v) is 3.34. The molecule has 31 heavy (non-hydrogen) atoms. The number of hydrogen-bond donors (Lipinski definition) is 2. The summed E-state index contributed by atoms with van der Waals surface area (Å²) in [6, 6.07) is 21.7. The number of halogens is 1. The predicted octanol–water partition coefficient (Wildman–Crippen LogP) is 3.91. The average Bonchev–Trinajstić information content (AvgIpc) is 2.95. The number of amides is 1. The van der Waals surface area contributed by atoms with Gasteiger partial charge in [0.15, 0.2) is 6.17 Å². The molecule has 1 amide bonds. The molecule has 2 atom stereocenters. The molecular weight excluding hydrogens is 397 g/mol. The minimum Gasteiger partial charge on any atom is -0.445 e. The van der Waals surface area contributed by atoms with Gasteiger partial charge in [0.2, 0.25) is 0 Å². The Morgan fingerprint density at radius 2 is 1.84 bits per heavy atom. The van der Waals surface area contributed by atoms with Gasteiger partial charge in [-0.15, -0.1) is 0 Å². The van der Waals surface area contributed by atoms with Crippen LogP contribution < -0.4 is 10.6 Å². The molecule has 0 radical (unpaired) electrons. The maximum atomic E-state index is 13.9. The van der Waals surface area contributed by atoms with Gasteiger partial charge in [0.1, 0.15) is 24.8 Å². The summed E-state index contributed by atoms with van der Waals surface area (Å²) >= 11 is 0. The summed E-state index contributed by atoms with van der Waals surface area (Å²) in [5.41, 5.74) is 3.18. The van der Waals surface area contributed by atoms with E-state index >= 15 is 0 Å². The number of aliphatic imine (C=N–C) groups is 1. The lowest BCUT2D eigenvalue weighted by molar-refractivity contribution is -0.108. The monoisotopic (exact) mass is 417 g/mol. The lowest BCUT2D eigenvalue weighted by Crippen LogP contribution is -2.46. The highest BCUT2D eigenvalue weighted by atomic mass is 19.1. The molecule has 0 aliphatic carbocycles. The molecule has 2 N–H and O–H groups in total. The molecule has 7 heteroatoms. The van der Waals surface area contributed by atoms with Crippen molar-refractivity contribution >= 4 is 23.8 Å². The van der Waals surface area contributed by atoms with Crippen LogP contribution >= 0.6 is 0 Å². The lowest BCUT2D eigenvalue weighted by atomic mass is 10.0. The Hall–Kier alpha value is -4.00. The van der Waals surface area contributed by atoms with Gasteiger partial charge in [0.25, 0.3) is 0 Å². The van der Waals surface area contributed by atoms with Gasteiger partial charge in [-0.25, -0.2) is 9.18 Å². The van der Waals surface area contributed by atoms with Crippen LogP contribution in [0.15, 0.2) is 83.9 Å². The van der Waals surface area contributed by atoms with Crippen LogP contribution in [0.2, 0.25) is 0 Å². The van der Waals surface area contributed by atoms with E-state index in [0.717, 1.165) is 5.56 Å². The van der Waals surface area contributed by atoms with Crippen LogP contribution in [0.5, 0.6) is 0 Å². The maximum absolute atomic E-state index is 13.9. The number of carbonyl (C=O) groups excluding carboxylic acids is 2. The molecule has 0 aromatic heterocycles. The molecule has 0 bridgehead atoms. The van der Waals surface area contributed by atoms with E-state index in [1.54, 1.807) is 18.2 Å². The SMILES string of the molecule is O=CC1Nc2ccccc2C(c2cccc(F)c2)=NC1NC(=O)OCc1ccccc1. The molecule has 0 saturated heterocycles. The number of alkyl carbamates (subject to hydrolysis) is 1. The molecule has 4 rings (SSSR count). The van der Waals surface area contributed by atoms with Crippen molar-refractivity contribution < 1.29 is 18.7 Å². The second kappa shape index (κ2) is 9.21. The van der Waals surface area contributed by atoms with Crippen molar-refractivity contribution in [1.82, 2.24) is 5.32 Å². The summed E-state index contributed by atoms with van der Waals surface area (Å²) in [6.45, 7) is 0.0826. The number of para-hydroxylation sites is 1. The fraction of sp³-hybridized carbons (Fsp3) is 0.125. The normalized spacial score (nSPS) is 17.4. The third-order valence-corrected chi connectivity index (χ3v) is 4.84. The molecule has 3 aromatic rings. The number of fused-ring (bicyclic) bond motifs is 1. The minimum atomic E-state index is -0.952. The van der Waals surface area contributed by atoms with E-state index in [1.807, 2.05) is 48.5 Å². The van der Waals surface area contributed by atoms with Crippen LogP contribution in [0.1, 0.15) is 16.7 Å². The quantitative estimate of drug-likeness (QED) is 0.617. The third-order valence-electron chi connectivity index (χ3n) is 4.84. The van der Waals surface area contributed by atoms with Crippen molar-refractivity contribution in [2.24, 2.45) is 4.99 Å². The highest BCUT2D eigenvalue weighted by Crippen LogP contribution is 2.25. The van der Waals surface area contributed by atoms with Gasteiger partial charge in [-0.2, -0.15) is 0 Å². The summed E-state index contributed by atoms with van der Waals surface area (Å²) in [5.74, 6) is -0.409.